The van der Waals surface area contributed by atoms with E-state index in [9.17, 15) is 9.59 Å². The Bertz CT molecular complexity index is 1190. The highest BCUT2D eigenvalue weighted by Gasteiger charge is 2.20. The number of ether oxygens (including phenoxy) is 3. The summed E-state index contributed by atoms with van der Waals surface area (Å²) in [6.07, 6.45) is 3.55. The Balaban J connectivity index is 2.03. The van der Waals surface area contributed by atoms with E-state index in [1.165, 1.54) is 33.5 Å². The summed E-state index contributed by atoms with van der Waals surface area (Å²) in [5.74, 6) is -0.0843. The van der Waals surface area contributed by atoms with Crippen molar-refractivity contribution < 1.29 is 28.9 Å². The minimum atomic E-state index is -0.538. The number of nitrogens with zero attached hydrogens (tertiary/aromatic N) is 1. The summed E-state index contributed by atoms with van der Waals surface area (Å²) >= 11 is 0. The van der Waals surface area contributed by atoms with Crippen LogP contribution in [-0.2, 0) is 11.3 Å². The van der Waals surface area contributed by atoms with E-state index in [1.807, 2.05) is 37.4 Å². The van der Waals surface area contributed by atoms with E-state index in [2.05, 4.69) is 15.2 Å². The molecule has 0 aliphatic heterocycles. The summed E-state index contributed by atoms with van der Waals surface area (Å²) in [6.45, 7) is 2.60. The first-order valence-corrected chi connectivity index (χ1v) is 10.8. The van der Waals surface area contributed by atoms with Gasteiger partial charge in [0.1, 0.15) is 5.70 Å². The molecule has 2 amide bonds. The molecule has 3 N–H and O–H groups in total. The average Bonchev–Trinajstić information content (AvgIpc) is 3.23. The Kier molecular flexibility index (Phi) is 8.15. The van der Waals surface area contributed by atoms with Crippen molar-refractivity contribution in [1.29, 1.82) is 0 Å². The molecule has 0 aliphatic rings. The van der Waals surface area contributed by atoms with E-state index in [0.717, 1.165) is 23.0 Å². The summed E-state index contributed by atoms with van der Waals surface area (Å²) in [7, 11) is 4.38. The highest BCUT2D eigenvalue weighted by molar-refractivity contribution is 6.07. The summed E-state index contributed by atoms with van der Waals surface area (Å²) in [5, 5.41) is 15.4. The molecule has 0 saturated heterocycles. The lowest BCUT2D eigenvalue weighted by Crippen LogP contribution is -2.36. The molecule has 0 bridgehead atoms. The number of nitrogens with one attached hydrogen (secondary N) is 2. The number of aryl methyl sites for hydroxylation is 1. The molecule has 1 heterocycles. The van der Waals surface area contributed by atoms with Gasteiger partial charge >= 0.3 is 0 Å². The van der Waals surface area contributed by atoms with Crippen LogP contribution in [0.3, 0.4) is 0 Å². The molecule has 0 atom stereocenters. The number of rotatable bonds is 10. The molecule has 180 valence electrons. The van der Waals surface area contributed by atoms with Gasteiger partial charge in [0.05, 0.1) is 27.9 Å². The number of aromatic nitrogens is 1. The van der Waals surface area contributed by atoms with Crippen LogP contribution in [0, 0.1) is 0 Å². The number of aliphatic hydroxyl groups is 1. The van der Waals surface area contributed by atoms with Gasteiger partial charge in [0.15, 0.2) is 11.5 Å². The molecular formula is C25H29N3O6. The zero-order chi connectivity index (χ0) is 24.7. The predicted molar refractivity (Wildman–Crippen MR) is 129 cm³/mol. The van der Waals surface area contributed by atoms with Gasteiger partial charge in [-0.05, 0) is 31.2 Å². The molecule has 0 aliphatic carbocycles. The van der Waals surface area contributed by atoms with Gasteiger partial charge in [-0.25, -0.2) is 0 Å². The van der Waals surface area contributed by atoms with E-state index >= 15 is 0 Å². The third kappa shape index (κ3) is 5.15. The second-order valence-corrected chi connectivity index (χ2v) is 7.29. The van der Waals surface area contributed by atoms with Gasteiger partial charge in [0, 0.05) is 41.3 Å². The Hall–Kier alpha value is -3.98. The van der Waals surface area contributed by atoms with Crippen molar-refractivity contribution in [3.05, 3.63) is 59.4 Å². The van der Waals surface area contributed by atoms with Crippen LogP contribution in [0.5, 0.6) is 17.2 Å². The fraction of sp³-hybridized carbons (Fsp3) is 0.280. The van der Waals surface area contributed by atoms with Crippen LogP contribution in [0.4, 0.5) is 0 Å². The summed E-state index contributed by atoms with van der Waals surface area (Å²) < 4.78 is 18.0. The number of carbonyl (C=O) groups excluding carboxylic acids is 2. The van der Waals surface area contributed by atoms with E-state index in [1.54, 1.807) is 6.08 Å². The molecule has 0 fully saturated rings. The number of hydrogen-bond acceptors (Lipinski definition) is 6. The van der Waals surface area contributed by atoms with Gasteiger partial charge in [0.25, 0.3) is 11.8 Å². The van der Waals surface area contributed by atoms with Crippen LogP contribution in [0.25, 0.3) is 17.0 Å². The fourth-order valence-electron chi connectivity index (χ4n) is 3.64. The van der Waals surface area contributed by atoms with Crippen LogP contribution in [-0.4, -0.2) is 56.0 Å². The lowest BCUT2D eigenvalue weighted by atomic mass is 10.1. The maximum Gasteiger partial charge on any atom is 0.267 e. The second kappa shape index (κ2) is 11.2. The number of fused-ring (bicyclic) bond motifs is 1. The third-order valence-corrected chi connectivity index (χ3v) is 5.28. The number of para-hydroxylation sites is 1. The SMILES string of the molecule is CCn1cc(C=C(NC(=O)c2cc(OC)c(OC)c(OC)c2)C(=O)NCCO)c2ccccc21. The molecule has 2 aromatic carbocycles. The highest BCUT2D eigenvalue weighted by atomic mass is 16.5. The molecular weight excluding hydrogens is 438 g/mol. The van der Waals surface area contributed by atoms with Crippen molar-refractivity contribution in [2.75, 3.05) is 34.5 Å². The molecule has 0 radical (unpaired) electrons. The average molecular weight is 468 g/mol. The number of amides is 2. The molecule has 3 rings (SSSR count). The molecule has 9 nitrogen and oxygen atoms in total. The lowest BCUT2D eigenvalue weighted by molar-refractivity contribution is -0.117. The summed E-state index contributed by atoms with van der Waals surface area (Å²) in [4.78, 5) is 26.0. The van der Waals surface area contributed by atoms with Crippen LogP contribution >= 0.6 is 0 Å². The smallest absolute Gasteiger partial charge is 0.267 e. The van der Waals surface area contributed by atoms with Gasteiger partial charge in [-0.2, -0.15) is 0 Å². The number of benzene rings is 2. The molecule has 0 unspecified atom stereocenters. The van der Waals surface area contributed by atoms with E-state index < -0.39 is 11.8 Å². The molecule has 1 aromatic heterocycles. The van der Waals surface area contributed by atoms with E-state index in [-0.39, 0.29) is 24.4 Å². The summed E-state index contributed by atoms with van der Waals surface area (Å²) in [5.41, 5.74) is 2.04. The first kappa shape index (κ1) is 24.7. The van der Waals surface area contributed by atoms with Gasteiger partial charge in [0.2, 0.25) is 5.75 Å². The molecule has 0 spiro atoms. The molecule has 34 heavy (non-hydrogen) atoms. The van der Waals surface area contributed by atoms with E-state index in [0.29, 0.717) is 17.2 Å². The minimum absolute atomic E-state index is 0.0335. The molecule has 3 aromatic rings. The highest BCUT2D eigenvalue weighted by Crippen LogP contribution is 2.38. The van der Waals surface area contributed by atoms with Gasteiger partial charge < -0.3 is 34.5 Å². The van der Waals surface area contributed by atoms with Crippen molar-refractivity contribution in [1.82, 2.24) is 15.2 Å². The minimum Gasteiger partial charge on any atom is -0.493 e. The topological polar surface area (TPSA) is 111 Å². The normalized spacial score (nSPS) is 11.3. The fourth-order valence-corrected chi connectivity index (χ4v) is 3.64. The standard InChI is InChI=1S/C25H29N3O6/c1-5-28-15-17(18-8-6-7-9-20(18)28)12-19(25(31)26-10-11-29)27-24(30)16-13-21(32-2)23(34-4)22(14-16)33-3/h6-9,12-15,29H,5,10-11H2,1-4H3,(H,26,31)(H,27,30). The summed E-state index contributed by atoms with van der Waals surface area (Å²) in [6, 6.07) is 10.8. The monoisotopic (exact) mass is 467 g/mol. The van der Waals surface area contributed by atoms with Crippen molar-refractivity contribution in [2.24, 2.45) is 0 Å². The first-order chi connectivity index (χ1) is 16.5. The maximum atomic E-state index is 13.1. The zero-order valence-electron chi connectivity index (χ0n) is 19.7. The first-order valence-electron chi connectivity index (χ1n) is 10.8. The van der Waals surface area contributed by atoms with Gasteiger partial charge in [-0.15, -0.1) is 0 Å². The second-order valence-electron chi connectivity index (χ2n) is 7.29. The number of hydrogen-bond donors (Lipinski definition) is 3. The number of carbonyl (C=O) groups is 2. The Labute approximate surface area is 197 Å². The number of aliphatic hydroxyl groups excluding tert-OH is 1. The van der Waals surface area contributed by atoms with Crippen molar-refractivity contribution >= 4 is 28.8 Å². The lowest BCUT2D eigenvalue weighted by Gasteiger charge is -2.15. The van der Waals surface area contributed by atoms with Crippen molar-refractivity contribution in [2.45, 2.75) is 13.5 Å². The zero-order valence-corrected chi connectivity index (χ0v) is 19.7. The Morgan fingerprint density at radius 1 is 1.06 bits per heavy atom. The number of methoxy groups -OCH3 is 3. The van der Waals surface area contributed by atoms with Crippen LogP contribution in [0.2, 0.25) is 0 Å². The van der Waals surface area contributed by atoms with Gasteiger partial charge in [-0.3, -0.25) is 9.59 Å². The molecule has 0 saturated carbocycles. The van der Waals surface area contributed by atoms with Gasteiger partial charge in [-0.1, -0.05) is 18.2 Å². The van der Waals surface area contributed by atoms with Crippen molar-refractivity contribution in [3.63, 3.8) is 0 Å². The Morgan fingerprint density at radius 2 is 1.74 bits per heavy atom. The maximum absolute atomic E-state index is 13.1. The third-order valence-electron chi connectivity index (χ3n) is 5.28. The van der Waals surface area contributed by atoms with Crippen LogP contribution < -0.4 is 24.8 Å². The van der Waals surface area contributed by atoms with Crippen LogP contribution in [0.1, 0.15) is 22.8 Å². The van der Waals surface area contributed by atoms with Crippen molar-refractivity contribution in [3.8, 4) is 17.2 Å². The Morgan fingerprint density at radius 3 is 2.32 bits per heavy atom. The predicted octanol–water partition coefficient (Wildman–Crippen LogP) is 2.57. The molecule has 9 heteroatoms. The largest absolute Gasteiger partial charge is 0.493 e. The van der Waals surface area contributed by atoms with Crippen LogP contribution in [0.15, 0.2) is 48.3 Å². The quantitative estimate of drug-likeness (QED) is 0.395. The van der Waals surface area contributed by atoms with E-state index in [4.69, 9.17) is 19.3 Å².